The first-order chi connectivity index (χ1) is 4.88. The summed E-state index contributed by atoms with van der Waals surface area (Å²) in [5.74, 6) is 2.18. The van der Waals surface area contributed by atoms with E-state index in [1.54, 1.807) is 5.94 Å². The minimum atomic E-state index is 0.113. The van der Waals surface area contributed by atoms with Crippen molar-refractivity contribution in [2.45, 2.75) is 18.9 Å². The summed E-state index contributed by atoms with van der Waals surface area (Å²) in [7, 11) is 1.50. The topological polar surface area (TPSA) is 38.3 Å². The third-order valence-electron chi connectivity index (χ3n) is 1.70. The summed E-state index contributed by atoms with van der Waals surface area (Å²) in [4.78, 5) is 10.2. The second kappa shape index (κ2) is 3.40. The Morgan fingerprint density at radius 1 is 1.80 bits per heavy atom. The molecule has 3 nitrogen and oxygen atoms in total. The highest BCUT2D eigenvalue weighted by atomic mass is 16.5. The van der Waals surface area contributed by atoms with E-state index in [1.807, 2.05) is 0 Å². The molecular weight excluding hydrogens is 130 g/mol. The Morgan fingerprint density at radius 3 is 3.00 bits per heavy atom. The number of hydrogen-bond acceptors (Lipinski definition) is 3. The van der Waals surface area contributed by atoms with Gasteiger partial charge in [-0.25, -0.2) is 4.79 Å². The molecule has 0 saturated carbocycles. The van der Waals surface area contributed by atoms with E-state index in [4.69, 9.17) is 4.74 Å². The Labute approximate surface area is 60.1 Å². The van der Waals surface area contributed by atoms with Crippen LogP contribution in [0, 0.1) is 0 Å². The molecule has 0 aromatic carbocycles. The molecule has 1 aliphatic rings. The summed E-state index contributed by atoms with van der Waals surface area (Å²) in [6.07, 6.45) is 2.09. The fourth-order valence-electron chi connectivity index (χ4n) is 1.16. The van der Waals surface area contributed by atoms with Crippen molar-refractivity contribution < 1.29 is 9.53 Å². The molecule has 56 valence electrons. The van der Waals surface area contributed by atoms with Crippen molar-refractivity contribution in [3.63, 3.8) is 0 Å². The van der Waals surface area contributed by atoms with Gasteiger partial charge in [-0.1, -0.05) is 0 Å². The van der Waals surface area contributed by atoms with E-state index in [0.717, 1.165) is 19.4 Å². The molecule has 0 bridgehead atoms. The number of carbonyl (C=O) groups excluding carboxylic acids is 1. The number of methoxy groups -OCH3 is 1. The van der Waals surface area contributed by atoms with E-state index in [-0.39, 0.29) is 6.04 Å². The molecule has 1 fully saturated rings. The largest absolute Gasteiger partial charge is 0.488 e. The van der Waals surface area contributed by atoms with Gasteiger partial charge in [0.2, 0.25) is 0 Å². The molecule has 0 spiro atoms. The van der Waals surface area contributed by atoms with Crippen LogP contribution in [0.4, 0.5) is 0 Å². The van der Waals surface area contributed by atoms with Gasteiger partial charge in [0.25, 0.3) is 0 Å². The maximum Gasteiger partial charge on any atom is 0.196 e. The lowest BCUT2D eigenvalue weighted by Crippen LogP contribution is -2.24. The van der Waals surface area contributed by atoms with Gasteiger partial charge in [-0.15, -0.1) is 0 Å². The molecule has 1 atom stereocenters. The zero-order valence-electron chi connectivity index (χ0n) is 6.02. The molecule has 1 rings (SSSR count). The molecule has 0 aromatic heterocycles. The Kier molecular flexibility index (Phi) is 2.49. The van der Waals surface area contributed by atoms with Crippen molar-refractivity contribution in [1.29, 1.82) is 0 Å². The van der Waals surface area contributed by atoms with Crippen LogP contribution < -0.4 is 5.32 Å². The van der Waals surface area contributed by atoms with Crippen molar-refractivity contribution >= 4 is 5.94 Å². The first-order valence-electron chi connectivity index (χ1n) is 3.41. The van der Waals surface area contributed by atoms with E-state index in [9.17, 15) is 4.79 Å². The summed E-state index contributed by atoms with van der Waals surface area (Å²) in [6.45, 7) is 0.971. The summed E-state index contributed by atoms with van der Waals surface area (Å²) in [6, 6.07) is 0.113. The Morgan fingerprint density at radius 2 is 2.60 bits per heavy atom. The molecule has 0 radical (unpaired) electrons. The number of nitrogens with one attached hydrogen (secondary N) is 1. The monoisotopic (exact) mass is 141 g/mol. The SMILES string of the molecule is COC(=C=O)C1CCCN1. The molecule has 0 aliphatic carbocycles. The van der Waals surface area contributed by atoms with Crippen LogP contribution in [-0.2, 0) is 9.53 Å². The van der Waals surface area contributed by atoms with Gasteiger partial charge in [0, 0.05) is 0 Å². The molecular formula is C7H11NO2. The van der Waals surface area contributed by atoms with E-state index < -0.39 is 0 Å². The normalized spacial score (nSPS) is 23.9. The van der Waals surface area contributed by atoms with Crippen LogP contribution in [0.1, 0.15) is 12.8 Å². The minimum absolute atomic E-state index is 0.113. The van der Waals surface area contributed by atoms with Crippen molar-refractivity contribution in [2.75, 3.05) is 13.7 Å². The first kappa shape index (κ1) is 7.32. The maximum absolute atomic E-state index is 10.2. The lowest BCUT2D eigenvalue weighted by molar-refractivity contribution is 0.261. The van der Waals surface area contributed by atoms with E-state index in [1.165, 1.54) is 7.11 Å². The van der Waals surface area contributed by atoms with E-state index >= 15 is 0 Å². The molecule has 1 unspecified atom stereocenters. The lowest BCUT2D eigenvalue weighted by atomic mass is 10.2. The standard InChI is InChI=1S/C7H11NO2/c1-10-7(5-9)6-3-2-4-8-6/h6,8H,2-4H2,1H3. The van der Waals surface area contributed by atoms with Crippen LogP contribution in [0.3, 0.4) is 0 Å². The van der Waals surface area contributed by atoms with Gasteiger partial charge in [0.1, 0.15) is 0 Å². The molecule has 10 heavy (non-hydrogen) atoms. The van der Waals surface area contributed by atoms with Crippen LogP contribution in [0.2, 0.25) is 0 Å². The minimum Gasteiger partial charge on any atom is -0.488 e. The first-order valence-corrected chi connectivity index (χ1v) is 3.41. The van der Waals surface area contributed by atoms with Gasteiger partial charge in [0.05, 0.1) is 13.2 Å². The van der Waals surface area contributed by atoms with Crippen LogP contribution in [-0.4, -0.2) is 25.6 Å². The van der Waals surface area contributed by atoms with E-state index in [2.05, 4.69) is 5.32 Å². The average molecular weight is 141 g/mol. The number of rotatable bonds is 2. The molecule has 1 saturated heterocycles. The molecule has 1 aliphatic heterocycles. The van der Waals surface area contributed by atoms with E-state index in [0.29, 0.717) is 5.76 Å². The lowest BCUT2D eigenvalue weighted by Gasteiger charge is -2.08. The van der Waals surface area contributed by atoms with Crippen LogP contribution in [0.25, 0.3) is 0 Å². The second-order valence-electron chi connectivity index (χ2n) is 2.32. The summed E-state index contributed by atoms with van der Waals surface area (Å²) < 4.78 is 4.81. The van der Waals surface area contributed by atoms with Crippen LogP contribution >= 0.6 is 0 Å². The summed E-state index contributed by atoms with van der Waals surface area (Å²) in [5, 5.41) is 3.13. The molecule has 0 amide bonds. The quantitative estimate of drug-likeness (QED) is 0.438. The highest BCUT2D eigenvalue weighted by Crippen LogP contribution is 2.11. The summed E-state index contributed by atoms with van der Waals surface area (Å²) >= 11 is 0. The van der Waals surface area contributed by atoms with Crippen LogP contribution in [0.15, 0.2) is 5.76 Å². The van der Waals surface area contributed by atoms with Gasteiger partial charge in [-0.2, -0.15) is 0 Å². The van der Waals surface area contributed by atoms with Gasteiger partial charge in [-0.3, -0.25) is 0 Å². The third-order valence-corrected chi connectivity index (χ3v) is 1.70. The van der Waals surface area contributed by atoms with Crippen molar-refractivity contribution in [3.8, 4) is 0 Å². The Bertz CT molecular complexity index is 155. The second-order valence-corrected chi connectivity index (χ2v) is 2.32. The van der Waals surface area contributed by atoms with Crippen molar-refractivity contribution in [1.82, 2.24) is 5.32 Å². The molecule has 1 N–H and O–H groups in total. The van der Waals surface area contributed by atoms with Crippen molar-refractivity contribution in [3.05, 3.63) is 5.76 Å². The van der Waals surface area contributed by atoms with Gasteiger partial charge < -0.3 is 10.1 Å². The number of hydrogen-bond donors (Lipinski definition) is 1. The highest BCUT2D eigenvalue weighted by Gasteiger charge is 2.19. The fourth-order valence-corrected chi connectivity index (χ4v) is 1.16. The zero-order valence-corrected chi connectivity index (χ0v) is 6.02. The smallest absolute Gasteiger partial charge is 0.196 e. The number of ether oxygens (including phenoxy) is 1. The third kappa shape index (κ3) is 1.38. The molecule has 0 aromatic rings. The van der Waals surface area contributed by atoms with Gasteiger partial charge in [0.15, 0.2) is 11.7 Å². The maximum atomic E-state index is 10.2. The van der Waals surface area contributed by atoms with Gasteiger partial charge >= 0.3 is 0 Å². The molecule has 3 heteroatoms. The highest BCUT2D eigenvalue weighted by molar-refractivity contribution is 5.51. The van der Waals surface area contributed by atoms with Crippen molar-refractivity contribution in [2.24, 2.45) is 0 Å². The average Bonchev–Trinajstić information content (AvgIpc) is 2.43. The Hall–Kier alpha value is -0.790. The predicted octanol–water partition coefficient (Wildman–Crippen LogP) is 0.100. The fraction of sp³-hybridized carbons (Fsp3) is 0.714. The van der Waals surface area contributed by atoms with Crippen LogP contribution in [0.5, 0.6) is 0 Å². The summed E-state index contributed by atoms with van der Waals surface area (Å²) in [5.41, 5.74) is 0. The molecule has 1 heterocycles. The van der Waals surface area contributed by atoms with Gasteiger partial charge in [-0.05, 0) is 19.4 Å². The predicted molar refractivity (Wildman–Crippen MR) is 37.2 cm³/mol. The Balaban J connectivity index is 2.53. The zero-order chi connectivity index (χ0) is 7.40.